The molecule has 0 saturated heterocycles. The molecule has 0 aliphatic rings. The summed E-state index contributed by atoms with van der Waals surface area (Å²) in [6.45, 7) is 4.40. The minimum atomic E-state index is -0.0451. The number of aryl methyl sites for hydroxylation is 1. The third-order valence-corrected chi connectivity index (χ3v) is 5.60. The molecule has 0 aliphatic carbocycles. The predicted octanol–water partition coefficient (Wildman–Crippen LogP) is 4.33. The monoisotopic (exact) mass is 378 g/mol. The fourth-order valence-corrected chi connectivity index (χ4v) is 3.89. The lowest BCUT2D eigenvalue weighted by Crippen LogP contribution is -2.14. The Balaban J connectivity index is 1.73. The summed E-state index contributed by atoms with van der Waals surface area (Å²) in [6.07, 6.45) is 1.69. The van der Waals surface area contributed by atoms with E-state index >= 15 is 0 Å². The van der Waals surface area contributed by atoms with Crippen LogP contribution in [-0.2, 0) is 7.05 Å². The van der Waals surface area contributed by atoms with E-state index in [9.17, 15) is 0 Å². The van der Waals surface area contributed by atoms with Crippen molar-refractivity contribution in [3.05, 3.63) is 64.0 Å². The molecule has 27 heavy (non-hydrogen) atoms. The largest absolute Gasteiger partial charge is 0.383 e. The Morgan fingerprint density at radius 2 is 1.81 bits per heavy atom. The van der Waals surface area contributed by atoms with Crippen molar-refractivity contribution in [1.29, 1.82) is 0 Å². The number of benzene rings is 1. The first-order valence-electron chi connectivity index (χ1n) is 8.88. The van der Waals surface area contributed by atoms with E-state index in [0.717, 1.165) is 10.9 Å². The number of fused-ring (bicyclic) bond motifs is 1. The molecule has 3 aromatic heterocycles. The Bertz CT molecular complexity index is 1050. The van der Waals surface area contributed by atoms with Crippen LogP contribution in [0.25, 0.3) is 11.0 Å². The van der Waals surface area contributed by atoms with E-state index in [1.54, 1.807) is 22.2 Å². The number of anilines is 2. The highest BCUT2D eigenvalue weighted by molar-refractivity contribution is 7.10. The number of nitrogens with two attached hydrogens (primary N) is 1. The van der Waals surface area contributed by atoms with Crippen molar-refractivity contribution in [1.82, 2.24) is 19.7 Å². The number of rotatable bonds is 5. The molecule has 3 N–H and O–H groups in total. The molecule has 0 fully saturated rings. The maximum absolute atomic E-state index is 6.11. The van der Waals surface area contributed by atoms with Crippen molar-refractivity contribution >= 4 is 34.1 Å². The SMILES string of the molecule is CC(C)c1ccc(C(Nc2nc(N)c3cnn(C)c3n2)c2cccs2)cc1. The molecule has 0 radical (unpaired) electrons. The minimum absolute atomic E-state index is 0.0451. The van der Waals surface area contributed by atoms with Gasteiger partial charge < -0.3 is 11.1 Å². The van der Waals surface area contributed by atoms with Crippen molar-refractivity contribution in [2.24, 2.45) is 7.05 Å². The second-order valence-corrected chi connectivity index (χ2v) is 7.83. The van der Waals surface area contributed by atoms with Crippen LogP contribution in [0.2, 0.25) is 0 Å². The third kappa shape index (κ3) is 3.38. The normalized spacial score (nSPS) is 12.6. The van der Waals surface area contributed by atoms with Crippen LogP contribution in [0.4, 0.5) is 11.8 Å². The topological polar surface area (TPSA) is 81.6 Å². The number of nitrogen functional groups attached to an aromatic ring is 1. The molecule has 6 nitrogen and oxygen atoms in total. The van der Waals surface area contributed by atoms with E-state index in [1.165, 1.54) is 10.4 Å². The average Bonchev–Trinajstić information content (AvgIpc) is 3.31. The van der Waals surface area contributed by atoms with E-state index < -0.39 is 0 Å². The molecule has 0 bridgehead atoms. The van der Waals surface area contributed by atoms with Gasteiger partial charge in [0, 0.05) is 11.9 Å². The highest BCUT2D eigenvalue weighted by atomic mass is 32.1. The van der Waals surface area contributed by atoms with Crippen molar-refractivity contribution in [3.63, 3.8) is 0 Å². The summed E-state index contributed by atoms with van der Waals surface area (Å²) in [5.74, 6) is 1.42. The fraction of sp³-hybridized carbons (Fsp3) is 0.250. The molecule has 4 aromatic rings. The van der Waals surface area contributed by atoms with Gasteiger partial charge in [0.1, 0.15) is 5.82 Å². The van der Waals surface area contributed by atoms with Crippen molar-refractivity contribution in [2.45, 2.75) is 25.8 Å². The second kappa shape index (κ2) is 7.00. The van der Waals surface area contributed by atoms with Crippen LogP contribution in [0.1, 0.15) is 41.8 Å². The summed E-state index contributed by atoms with van der Waals surface area (Å²) in [7, 11) is 1.85. The molecule has 1 unspecified atom stereocenters. The number of nitrogens with zero attached hydrogens (tertiary/aromatic N) is 4. The van der Waals surface area contributed by atoms with Gasteiger partial charge in [-0.25, -0.2) is 0 Å². The van der Waals surface area contributed by atoms with Crippen molar-refractivity contribution in [3.8, 4) is 0 Å². The van der Waals surface area contributed by atoms with Crippen LogP contribution in [0.15, 0.2) is 48.0 Å². The molecule has 7 heteroatoms. The van der Waals surface area contributed by atoms with Crippen LogP contribution < -0.4 is 11.1 Å². The van der Waals surface area contributed by atoms with E-state index in [2.05, 4.69) is 76.0 Å². The molecule has 1 atom stereocenters. The molecule has 0 aliphatic heterocycles. The summed E-state index contributed by atoms with van der Waals surface area (Å²) < 4.78 is 1.70. The van der Waals surface area contributed by atoms with E-state index in [1.807, 2.05) is 7.05 Å². The minimum Gasteiger partial charge on any atom is -0.383 e. The third-order valence-electron chi connectivity index (χ3n) is 4.66. The van der Waals surface area contributed by atoms with Crippen molar-refractivity contribution in [2.75, 3.05) is 11.1 Å². The number of hydrogen-bond acceptors (Lipinski definition) is 6. The Morgan fingerprint density at radius 3 is 2.48 bits per heavy atom. The van der Waals surface area contributed by atoms with Gasteiger partial charge in [0.05, 0.1) is 17.6 Å². The first-order valence-corrected chi connectivity index (χ1v) is 9.76. The van der Waals surface area contributed by atoms with Crippen LogP contribution in [0.5, 0.6) is 0 Å². The molecule has 0 saturated carbocycles. The summed E-state index contributed by atoms with van der Waals surface area (Å²) >= 11 is 1.70. The summed E-state index contributed by atoms with van der Waals surface area (Å²) in [5.41, 5.74) is 9.31. The lowest BCUT2D eigenvalue weighted by molar-refractivity contribution is 0.784. The summed E-state index contributed by atoms with van der Waals surface area (Å²) in [6, 6.07) is 12.8. The van der Waals surface area contributed by atoms with Gasteiger partial charge in [-0.1, -0.05) is 44.2 Å². The maximum atomic E-state index is 6.11. The zero-order valence-corrected chi connectivity index (χ0v) is 16.4. The van der Waals surface area contributed by atoms with Gasteiger partial charge in [-0.3, -0.25) is 4.68 Å². The zero-order chi connectivity index (χ0) is 19.0. The maximum Gasteiger partial charge on any atom is 0.227 e. The highest BCUT2D eigenvalue weighted by Gasteiger charge is 2.18. The van der Waals surface area contributed by atoms with E-state index in [4.69, 9.17) is 5.73 Å². The summed E-state index contributed by atoms with van der Waals surface area (Å²) in [4.78, 5) is 10.3. The summed E-state index contributed by atoms with van der Waals surface area (Å²) in [5, 5.41) is 10.5. The smallest absolute Gasteiger partial charge is 0.227 e. The van der Waals surface area contributed by atoms with Gasteiger partial charge in [0.25, 0.3) is 0 Å². The first-order chi connectivity index (χ1) is 13.0. The predicted molar refractivity (Wildman–Crippen MR) is 111 cm³/mol. The van der Waals surface area contributed by atoms with E-state index in [0.29, 0.717) is 23.3 Å². The molecule has 0 spiro atoms. The van der Waals surface area contributed by atoms with Crippen molar-refractivity contribution < 1.29 is 0 Å². The number of aromatic nitrogens is 4. The zero-order valence-electron chi connectivity index (χ0n) is 15.5. The first kappa shape index (κ1) is 17.5. The molecule has 1 aromatic carbocycles. The quantitative estimate of drug-likeness (QED) is 0.540. The Kier molecular flexibility index (Phi) is 4.53. The molecule has 0 amide bonds. The fourth-order valence-electron chi connectivity index (χ4n) is 3.09. The number of thiophene rings is 1. The van der Waals surface area contributed by atoms with Gasteiger partial charge in [-0.05, 0) is 28.5 Å². The molecular weight excluding hydrogens is 356 g/mol. The van der Waals surface area contributed by atoms with Gasteiger partial charge in [-0.2, -0.15) is 15.1 Å². The number of hydrogen-bond donors (Lipinski definition) is 2. The highest BCUT2D eigenvalue weighted by Crippen LogP contribution is 2.31. The molecule has 3 heterocycles. The lowest BCUT2D eigenvalue weighted by Gasteiger charge is -2.19. The van der Waals surface area contributed by atoms with Crippen LogP contribution in [0.3, 0.4) is 0 Å². The Labute approximate surface area is 162 Å². The molecular formula is C20H22N6S. The molecule has 138 valence electrons. The molecule has 4 rings (SSSR count). The van der Waals surface area contributed by atoms with Gasteiger partial charge in [-0.15, -0.1) is 11.3 Å². The average molecular weight is 379 g/mol. The van der Waals surface area contributed by atoms with Crippen LogP contribution in [-0.4, -0.2) is 19.7 Å². The van der Waals surface area contributed by atoms with Crippen LogP contribution in [0, 0.1) is 0 Å². The second-order valence-electron chi connectivity index (χ2n) is 6.85. The Hall–Kier alpha value is -2.93. The Morgan fingerprint density at radius 1 is 1.07 bits per heavy atom. The standard InChI is InChI=1S/C20H22N6S/c1-12(2)13-6-8-14(9-7-13)17(16-5-4-10-27-16)23-20-24-18(21)15-11-22-26(3)19(15)25-20/h4-12,17H,1-3H3,(H3,21,23,24,25). The van der Waals surface area contributed by atoms with Gasteiger partial charge >= 0.3 is 0 Å². The van der Waals surface area contributed by atoms with Gasteiger partial charge in [0.15, 0.2) is 5.65 Å². The number of nitrogens with one attached hydrogen (secondary N) is 1. The van der Waals surface area contributed by atoms with Crippen LogP contribution >= 0.6 is 11.3 Å². The van der Waals surface area contributed by atoms with E-state index in [-0.39, 0.29) is 6.04 Å². The van der Waals surface area contributed by atoms with Gasteiger partial charge in [0.2, 0.25) is 5.95 Å². The lowest BCUT2D eigenvalue weighted by atomic mass is 9.98.